The predicted octanol–water partition coefficient (Wildman–Crippen LogP) is 2.28. The van der Waals surface area contributed by atoms with Gasteiger partial charge in [0.1, 0.15) is 11.7 Å². The number of ether oxygens (including phenoxy) is 1. The van der Waals surface area contributed by atoms with Gasteiger partial charge < -0.3 is 10.1 Å². The van der Waals surface area contributed by atoms with Crippen molar-refractivity contribution in [1.82, 2.24) is 15.2 Å². The van der Waals surface area contributed by atoms with Gasteiger partial charge in [-0.3, -0.25) is 19.5 Å². The van der Waals surface area contributed by atoms with E-state index < -0.39 is 6.04 Å². The molecule has 26 heavy (non-hydrogen) atoms. The minimum absolute atomic E-state index is 0.170. The van der Waals surface area contributed by atoms with Gasteiger partial charge in [-0.15, -0.1) is 0 Å². The van der Waals surface area contributed by atoms with Crippen molar-refractivity contribution in [1.29, 1.82) is 0 Å². The highest BCUT2D eigenvalue weighted by Crippen LogP contribution is 2.25. The van der Waals surface area contributed by atoms with E-state index in [0.717, 1.165) is 5.56 Å². The first kappa shape index (κ1) is 18.4. The van der Waals surface area contributed by atoms with Gasteiger partial charge >= 0.3 is 5.97 Å². The van der Waals surface area contributed by atoms with Crippen LogP contribution in [0.5, 0.6) is 0 Å². The Labute approximate surface area is 157 Å². The second kappa shape index (κ2) is 8.29. The molecule has 0 aliphatic carbocycles. The summed E-state index contributed by atoms with van der Waals surface area (Å²) in [7, 11) is 1.37. The summed E-state index contributed by atoms with van der Waals surface area (Å²) >= 11 is 6.24. The molecule has 3 rings (SSSR count). The number of halogens is 1. The summed E-state index contributed by atoms with van der Waals surface area (Å²) in [5.74, 6) is -0.564. The molecule has 0 radical (unpaired) electrons. The summed E-state index contributed by atoms with van der Waals surface area (Å²) in [6.45, 7) is 1.04. The van der Waals surface area contributed by atoms with Gasteiger partial charge in [-0.1, -0.05) is 35.9 Å². The van der Waals surface area contributed by atoms with E-state index in [1.54, 1.807) is 24.4 Å². The largest absolute Gasteiger partial charge is 0.468 e. The molecule has 1 N–H and O–H groups in total. The average molecular weight is 374 g/mol. The molecule has 1 fully saturated rings. The molecule has 7 heteroatoms. The van der Waals surface area contributed by atoms with Crippen molar-refractivity contribution < 1.29 is 14.3 Å². The Morgan fingerprint density at radius 1 is 1.27 bits per heavy atom. The zero-order valence-electron chi connectivity index (χ0n) is 14.4. The van der Waals surface area contributed by atoms with Crippen LogP contribution in [0.3, 0.4) is 0 Å². The van der Waals surface area contributed by atoms with Gasteiger partial charge in [0.2, 0.25) is 0 Å². The normalized spacial score (nSPS) is 19.9. The van der Waals surface area contributed by atoms with E-state index in [4.69, 9.17) is 16.3 Å². The fourth-order valence-electron chi connectivity index (χ4n) is 3.17. The smallest absolute Gasteiger partial charge is 0.323 e. The van der Waals surface area contributed by atoms with E-state index in [1.807, 2.05) is 29.2 Å². The molecule has 2 aromatic rings. The van der Waals surface area contributed by atoms with Crippen LogP contribution in [0.4, 0.5) is 0 Å². The number of esters is 1. The lowest BCUT2D eigenvalue weighted by Gasteiger charge is -2.22. The average Bonchev–Trinajstić information content (AvgIpc) is 3.06. The van der Waals surface area contributed by atoms with E-state index in [1.165, 1.54) is 7.11 Å². The Balaban J connectivity index is 1.71. The molecule has 0 spiro atoms. The molecule has 0 bridgehead atoms. The Morgan fingerprint density at radius 2 is 2.04 bits per heavy atom. The molecule has 136 valence electrons. The Hall–Kier alpha value is -2.44. The number of aromatic nitrogens is 1. The molecule has 1 saturated heterocycles. The molecule has 1 aromatic carbocycles. The molecule has 1 amide bonds. The SMILES string of the molecule is COC(=O)[C@@H]1C[C@H](NC(=O)c2ccccn2)CN1Cc1ccccc1Cl. The fraction of sp³-hybridized carbons (Fsp3) is 0.316. The zero-order valence-corrected chi connectivity index (χ0v) is 15.1. The summed E-state index contributed by atoms with van der Waals surface area (Å²) in [5.41, 5.74) is 1.28. The van der Waals surface area contributed by atoms with Crippen molar-refractivity contribution in [3.05, 3.63) is 64.9 Å². The topological polar surface area (TPSA) is 71.5 Å². The van der Waals surface area contributed by atoms with E-state index in [-0.39, 0.29) is 17.9 Å². The number of carbonyl (C=O) groups is 2. The first-order valence-electron chi connectivity index (χ1n) is 8.35. The number of carbonyl (C=O) groups excluding carboxylic acids is 2. The van der Waals surface area contributed by atoms with Crippen LogP contribution in [0.1, 0.15) is 22.5 Å². The number of nitrogens with zero attached hydrogens (tertiary/aromatic N) is 2. The highest BCUT2D eigenvalue weighted by molar-refractivity contribution is 6.31. The predicted molar refractivity (Wildman–Crippen MR) is 97.8 cm³/mol. The standard InChI is InChI=1S/C19H20ClN3O3/c1-26-19(25)17-10-14(22-18(24)16-8-4-5-9-21-16)12-23(17)11-13-6-2-3-7-15(13)20/h2-9,14,17H,10-12H2,1H3,(H,22,24)/t14-,17-/m0/s1. The highest BCUT2D eigenvalue weighted by atomic mass is 35.5. The second-order valence-corrected chi connectivity index (χ2v) is 6.59. The molecule has 1 aliphatic heterocycles. The van der Waals surface area contributed by atoms with Gasteiger partial charge in [0.05, 0.1) is 7.11 Å². The first-order chi connectivity index (χ1) is 12.6. The van der Waals surface area contributed by atoms with Crippen LogP contribution in [0.15, 0.2) is 48.7 Å². The van der Waals surface area contributed by atoms with Crippen molar-refractivity contribution in [2.45, 2.75) is 25.0 Å². The van der Waals surface area contributed by atoms with Gasteiger partial charge in [-0.2, -0.15) is 0 Å². The van der Waals surface area contributed by atoms with E-state index in [9.17, 15) is 9.59 Å². The Morgan fingerprint density at radius 3 is 2.73 bits per heavy atom. The number of benzene rings is 1. The maximum absolute atomic E-state index is 12.3. The van der Waals surface area contributed by atoms with Crippen LogP contribution in [0, 0.1) is 0 Å². The van der Waals surface area contributed by atoms with E-state index >= 15 is 0 Å². The van der Waals surface area contributed by atoms with Crippen LogP contribution in [0.2, 0.25) is 5.02 Å². The number of nitrogens with one attached hydrogen (secondary N) is 1. The van der Waals surface area contributed by atoms with Crippen molar-refractivity contribution >= 4 is 23.5 Å². The first-order valence-corrected chi connectivity index (χ1v) is 8.73. The number of amides is 1. The van der Waals surface area contributed by atoms with Crippen molar-refractivity contribution in [2.75, 3.05) is 13.7 Å². The second-order valence-electron chi connectivity index (χ2n) is 6.18. The molecule has 0 unspecified atom stereocenters. The molecule has 6 nitrogen and oxygen atoms in total. The number of rotatable bonds is 5. The van der Waals surface area contributed by atoms with Gasteiger partial charge in [-0.05, 0) is 30.2 Å². The Kier molecular flexibility index (Phi) is 5.85. The molecule has 0 saturated carbocycles. The minimum Gasteiger partial charge on any atom is -0.468 e. The summed E-state index contributed by atoms with van der Waals surface area (Å²) in [5, 5.41) is 3.60. The number of methoxy groups -OCH3 is 1. The number of hydrogen-bond donors (Lipinski definition) is 1. The van der Waals surface area contributed by atoms with E-state index in [2.05, 4.69) is 10.3 Å². The molecular formula is C19H20ClN3O3. The third-order valence-electron chi connectivity index (χ3n) is 4.44. The van der Waals surface area contributed by atoms with Crippen molar-refractivity contribution in [3.8, 4) is 0 Å². The number of likely N-dealkylation sites (tertiary alicyclic amines) is 1. The van der Waals surface area contributed by atoms with E-state index in [0.29, 0.717) is 30.2 Å². The van der Waals surface area contributed by atoms with Gasteiger partial charge in [0.25, 0.3) is 5.91 Å². The molecular weight excluding hydrogens is 354 g/mol. The van der Waals surface area contributed by atoms with Gasteiger partial charge in [-0.25, -0.2) is 0 Å². The molecule has 2 atom stereocenters. The monoisotopic (exact) mass is 373 g/mol. The number of pyridine rings is 1. The van der Waals surface area contributed by atoms with Crippen LogP contribution < -0.4 is 5.32 Å². The molecule has 2 heterocycles. The molecule has 1 aromatic heterocycles. The summed E-state index contributed by atoms with van der Waals surface area (Å²) in [6, 6.07) is 12.1. The number of hydrogen-bond acceptors (Lipinski definition) is 5. The third kappa shape index (κ3) is 4.20. The lowest BCUT2D eigenvalue weighted by Crippen LogP contribution is -2.38. The maximum Gasteiger partial charge on any atom is 0.323 e. The lowest BCUT2D eigenvalue weighted by molar-refractivity contribution is -0.146. The quantitative estimate of drug-likeness (QED) is 0.814. The van der Waals surface area contributed by atoms with Crippen LogP contribution >= 0.6 is 11.6 Å². The van der Waals surface area contributed by atoms with Crippen molar-refractivity contribution in [2.24, 2.45) is 0 Å². The third-order valence-corrected chi connectivity index (χ3v) is 4.81. The zero-order chi connectivity index (χ0) is 18.5. The summed E-state index contributed by atoms with van der Waals surface area (Å²) < 4.78 is 4.93. The molecule has 1 aliphatic rings. The van der Waals surface area contributed by atoms with Crippen LogP contribution in [0.25, 0.3) is 0 Å². The minimum atomic E-state index is -0.426. The van der Waals surface area contributed by atoms with Gasteiger partial charge in [0.15, 0.2) is 0 Å². The van der Waals surface area contributed by atoms with Gasteiger partial charge in [0, 0.05) is 30.4 Å². The maximum atomic E-state index is 12.3. The summed E-state index contributed by atoms with van der Waals surface area (Å²) in [6.07, 6.45) is 2.06. The highest BCUT2D eigenvalue weighted by Gasteiger charge is 2.38. The van der Waals surface area contributed by atoms with Crippen LogP contribution in [-0.4, -0.2) is 47.5 Å². The fourth-order valence-corrected chi connectivity index (χ4v) is 3.36. The van der Waals surface area contributed by atoms with Crippen molar-refractivity contribution in [3.63, 3.8) is 0 Å². The summed E-state index contributed by atoms with van der Waals surface area (Å²) in [4.78, 5) is 30.6. The Bertz CT molecular complexity index is 785. The lowest BCUT2D eigenvalue weighted by atomic mass is 10.1. The van der Waals surface area contributed by atoms with Crippen LogP contribution in [-0.2, 0) is 16.1 Å².